The molecule has 6 nitrogen and oxygen atoms in total. The van der Waals surface area contributed by atoms with E-state index in [1.807, 2.05) is 4.90 Å². The van der Waals surface area contributed by atoms with Gasteiger partial charge in [-0.2, -0.15) is 0 Å². The maximum absolute atomic E-state index is 13.1. The van der Waals surface area contributed by atoms with Gasteiger partial charge in [0.25, 0.3) is 5.91 Å². The molecule has 1 aliphatic rings. The maximum Gasteiger partial charge on any atom is 0.254 e. The van der Waals surface area contributed by atoms with Crippen LogP contribution in [0.3, 0.4) is 0 Å². The van der Waals surface area contributed by atoms with Crippen molar-refractivity contribution in [1.29, 1.82) is 0 Å². The van der Waals surface area contributed by atoms with E-state index in [2.05, 4.69) is 20.8 Å². The quantitative estimate of drug-likeness (QED) is 0.785. The number of carbonyl (C=O) groups is 1. The largest absolute Gasteiger partial charge is 0.495 e. The van der Waals surface area contributed by atoms with Crippen molar-refractivity contribution in [2.24, 2.45) is 5.41 Å². The number of methoxy groups -OCH3 is 1. The van der Waals surface area contributed by atoms with Gasteiger partial charge in [-0.3, -0.25) is 4.79 Å². The Morgan fingerprint density at radius 1 is 1.31 bits per heavy atom. The number of rotatable bonds is 5. The third-order valence-corrected chi connectivity index (χ3v) is 6.49. The summed E-state index contributed by atoms with van der Waals surface area (Å²) in [5.74, 6) is 0.123. The van der Waals surface area contributed by atoms with Gasteiger partial charge in [0, 0.05) is 32.2 Å². The molecule has 1 atom stereocenters. The fraction of sp³-hybridized carbons (Fsp3) is 0.632. The zero-order valence-electron chi connectivity index (χ0n) is 16.6. The Kier molecular flexibility index (Phi) is 6.02. The van der Waals surface area contributed by atoms with Crippen molar-refractivity contribution in [3.05, 3.63) is 23.8 Å². The van der Waals surface area contributed by atoms with Gasteiger partial charge in [-0.15, -0.1) is 0 Å². The molecule has 1 heterocycles. The molecule has 1 amide bonds. The lowest BCUT2D eigenvalue weighted by Crippen LogP contribution is -2.37. The van der Waals surface area contributed by atoms with Crippen LogP contribution in [0.4, 0.5) is 0 Å². The number of ether oxygens (including phenoxy) is 1. The lowest BCUT2D eigenvalue weighted by atomic mass is 9.87. The van der Waals surface area contributed by atoms with Crippen LogP contribution in [0.1, 0.15) is 50.4 Å². The predicted molar refractivity (Wildman–Crippen MR) is 102 cm³/mol. The van der Waals surface area contributed by atoms with Crippen molar-refractivity contribution < 1.29 is 17.9 Å². The van der Waals surface area contributed by atoms with Crippen molar-refractivity contribution in [3.63, 3.8) is 0 Å². The lowest BCUT2D eigenvalue weighted by molar-refractivity contribution is 0.0704. The molecule has 1 aliphatic heterocycles. The minimum Gasteiger partial charge on any atom is -0.495 e. The SMILES string of the molecule is COc1ccc(C(=O)N2CCCC2CC(C)(C)C)cc1S(=O)(=O)N(C)C. The number of likely N-dealkylation sites (tertiary alicyclic amines) is 1. The highest BCUT2D eigenvalue weighted by atomic mass is 32.2. The second kappa shape index (κ2) is 7.56. The van der Waals surface area contributed by atoms with Gasteiger partial charge in [0.05, 0.1) is 7.11 Å². The van der Waals surface area contributed by atoms with E-state index < -0.39 is 10.0 Å². The number of amides is 1. The van der Waals surface area contributed by atoms with Gasteiger partial charge in [-0.25, -0.2) is 12.7 Å². The van der Waals surface area contributed by atoms with E-state index in [0.29, 0.717) is 12.1 Å². The molecule has 0 spiro atoms. The molecule has 0 aliphatic carbocycles. The zero-order chi connectivity index (χ0) is 19.7. The molecule has 26 heavy (non-hydrogen) atoms. The van der Waals surface area contributed by atoms with Crippen LogP contribution >= 0.6 is 0 Å². The minimum atomic E-state index is -3.70. The first-order valence-corrected chi connectivity index (χ1v) is 10.3. The number of benzene rings is 1. The molecular weight excluding hydrogens is 352 g/mol. The van der Waals surface area contributed by atoms with Crippen LogP contribution in [0.2, 0.25) is 0 Å². The molecule has 7 heteroatoms. The number of hydrogen-bond acceptors (Lipinski definition) is 4. The second-order valence-corrected chi connectivity index (χ2v) is 10.3. The molecule has 1 unspecified atom stereocenters. The molecule has 0 radical (unpaired) electrons. The van der Waals surface area contributed by atoms with Gasteiger partial charge in [0.1, 0.15) is 10.6 Å². The summed E-state index contributed by atoms with van der Waals surface area (Å²) in [6, 6.07) is 4.82. The summed E-state index contributed by atoms with van der Waals surface area (Å²) in [7, 11) is 0.641. The van der Waals surface area contributed by atoms with Crippen LogP contribution in [0.5, 0.6) is 5.75 Å². The maximum atomic E-state index is 13.1. The monoisotopic (exact) mass is 382 g/mol. The van der Waals surface area contributed by atoms with Crippen LogP contribution in [-0.2, 0) is 10.0 Å². The van der Waals surface area contributed by atoms with Crippen LogP contribution in [0.15, 0.2) is 23.1 Å². The van der Waals surface area contributed by atoms with Crippen molar-refractivity contribution in [3.8, 4) is 5.75 Å². The van der Waals surface area contributed by atoms with Crippen molar-refractivity contribution in [2.75, 3.05) is 27.7 Å². The third-order valence-electron chi connectivity index (χ3n) is 4.66. The fourth-order valence-corrected chi connectivity index (χ4v) is 4.47. The van der Waals surface area contributed by atoms with E-state index in [1.54, 1.807) is 12.1 Å². The van der Waals surface area contributed by atoms with E-state index in [0.717, 1.165) is 23.6 Å². The van der Waals surface area contributed by atoms with Gasteiger partial charge in [0.2, 0.25) is 10.0 Å². The van der Waals surface area contributed by atoms with Crippen LogP contribution in [0, 0.1) is 5.41 Å². The van der Waals surface area contributed by atoms with E-state index >= 15 is 0 Å². The van der Waals surface area contributed by atoms with E-state index in [1.165, 1.54) is 27.3 Å². The van der Waals surface area contributed by atoms with E-state index in [-0.39, 0.29) is 28.0 Å². The Hall–Kier alpha value is -1.60. The highest BCUT2D eigenvalue weighted by molar-refractivity contribution is 7.89. The normalized spacial score (nSPS) is 18.4. The number of carbonyl (C=O) groups excluding carboxylic acids is 1. The summed E-state index contributed by atoms with van der Waals surface area (Å²) >= 11 is 0. The minimum absolute atomic E-state index is 0.0161. The Balaban J connectivity index is 2.38. The molecule has 0 saturated carbocycles. The summed E-state index contributed by atoms with van der Waals surface area (Å²) in [5.41, 5.74) is 0.513. The molecule has 1 fully saturated rings. The Morgan fingerprint density at radius 3 is 2.50 bits per heavy atom. The number of sulfonamides is 1. The Morgan fingerprint density at radius 2 is 1.96 bits per heavy atom. The average molecular weight is 383 g/mol. The number of hydrogen-bond donors (Lipinski definition) is 0. The second-order valence-electron chi connectivity index (χ2n) is 8.21. The summed E-state index contributed by atoms with van der Waals surface area (Å²) < 4.78 is 31.5. The summed E-state index contributed by atoms with van der Waals surface area (Å²) in [6.07, 6.45) is 2.89. The average Bonchev–Trinajstić information content (AvgIpc) is 2.99. The summed E-state index contributed by atoms with van der Waals surface area (Å²) in [6.45, 7) is 7.22. The molecule has 0 N–H and O–H groups in total. The third kappa shape index (κ3) is 4.38. The van der Waals surface area contributed by atoms with Crippen LogP contribution in [0.25, 0.3) is 0 Å². The molecule has 2 rings (SSSR count). The summed E-state index contributed by atoms with van der Waals surface area (Å²) in [5, 5.41) is 0. The first-order chi connectivity index (χ1) is 12.0. The molecule has 1 aromatic rings. The molecule has 146 valence electrons. The van der Waals surface area contributed by atoms with Gasteiger partial charge < -0.3 is 9.64 Å². The van der Waals surface area contributed by atoms with Gasteiger partial charge >= 0.3 is 0 Å². The Bertz CT molecular complexity index is 766. The zero-order valence-corrected chi connectivity index (χ0v) is 17.4. The molecular formula is C19H30N2O4S. The highest BCUT2D eigenvalue weighted by Gasteiger charge is 2.33. The van der Waals surface area contributed by atoms with E-state index in [4.69, 9.17) is 4.74 Å². The standard InChI is InChI=1S/C19H30N2O4S/c1-19(2,3)13-15-8-7-11-21(15)18(22)14-9-10-16(25-6)17(12-14)26(23,24)20(4)5/h9-10,12,15H,7-8,11,13H2,1-6H3. The van der Waals surface area contributed by atoms with Crippen molar-refractivity contribution in [2.45, 2.75) is 51.0 Å². The van der Waals surface area contributed by atoms with E-state index in [9.17, 15) is 13.2 Å². The topological polar surface area (TPSA) is 66.9 Å². The molecule has 0 bridgehead atoms. The first kappa shape index (κ1) is 20.7. The van der Waals surface area contributed by atoms with Gasteiger partial charge in [-0.05, 0) is 42.9 Å². The highest BCUT2D eigenvalue weighted by Crippen LogP contribution is 2.32. The predicted octanol–water partition coefficient (Wildman–Crippen LogP) is 2.99. The Labute approximate surface area is 157 Å². The fourth-order valence-electron chi connectivity index (χ4n) is 3.40. The van der Waals surface area contributed by atoms with Crippen LogP contribution in [-0.4, -0.2) is 57.3 Å². The molecule has 0 aromatic heterocycles. The van der Waals surface area contributed by atoms with Crippen LogP contribution < -0.4 is 4.74 Å². The molecule has 1 aromatic carbocycles. The molecule has 1 saturated heterocycles. The number of nitrogens with zero attached hydrogens (tertiary/aromatic N) is 2. The van der Waals surface area contributed by atoms with Crippen molar-refractivity contribution in [1.82, 2.24) is 9.21 Å². The van der Waals surface area contributed by atoms with Gasteiger partial charge in [-0.1, -0.05) is 20.8 Å². The lowest BCUT2D eigenvalue weighted by Gasteiger charge is -2.30. The van der Waals surface area contributed by atoms with Gasteiger partial charge in [0.15, 0.2) is 0 Å². The first-order valence-electron chi connectivity index (χ1n) is 8.89. The summed E-state index contributed by atoms with van der Waals surface area (Å²) in [4.78, 5) is 15.0. The van der Waals surface area contributed by atoms with Crippen molar-refractivity contribution >= 4 is 15.9 Å². The smallest absolute Gasteiger partial charge is 0.254 e.